The number of hydrogen-bond acceptors (Lipinski definition) is 5. The molecule has 0 aliphatic rings. The highest BCUT2D eigenvalue weighted by atomic mass is 32.2. The van der Waals surface area contributed by atoms with Crippen molar-refractivity contribution in [1.82, 2.24) is 19.6 Å². The molecule has 2 N–H and O–H groups in total. The lowest BCUT2D eigenvalue weighted by atomic mass is 10.2. The largest absolute Gasteiger partial charge is 0.325 e. The SMILES string of the molecule is Cc1ccc(NC(=O)CSc2nc(-c3ccc(F)cc3)nc3cc(=O)[nH]n23)cc1. The number of nitrogens with one attached hydrogen (secondary N) is 2. The Kier molecular flexibility index (Phi) is 5.13. The first kappa shape index (κ1) is 18.9. The van der Waals surface area contributed by atoms with E-state index in [4.69, 9.17) is 0 Å². The van der Waals surface area contributed by atoms with Crippen molar-refractivity contribution in [3.05, 3.63) is 76.3 Å². The number of anilines is 1. The predicted molar refractivity (Wildman–Crippen MR) is 110 cm³/mol. The quantitative estimate of drug-likeness (QED) is 0.494. The summed E-state index contributed by atoms with van der Waals surface area (Å²) in [4.78, 5) is 32.9. The fourth-order valence-electron chi connectivity index (χ4n) is 2.67. The summed E-state index contributed by atoms with van der Waals surface area (Å²) in [5.41, 5.74) is 2.45. The molecule has 0 radical (unpaired) electrons. The second-order valence-electron chi connectivity index (χ2n) is 6.35. The van der Waals surface area contributed by atoms with E-state index < -0.39 is 0 Å². The van der Waals surface area contributed by atoms with Crippen LogP contribution in [0.2, 0.25) is 0 Å². The summed E-state index contributed by atoms with van der Waals surface area (Å²) in [6.45, 7) is 1.97. The number of carbonyl (C=O) groups excluding carboxylic acids is 1. The number of fused-ring (bicyclic) bond motifs is 1. The molecule has 0 unspecified atom stereocenters. The van der Waals surface area contributed by atoms with E-state index in [0.717, 1.165) is 17.3 Å². The fourth-order valence-corrected chi connectivity index (χ4v) is 3.42. The molecule has 4 rings (SSSR count). The van der Waals surface area contributed by atoms with E-state index in [-0.39, 0.29) is 23.0 Å². The number of aromatic nitrogens is 4. The van der Waals surface area contributed by atoms with Gasteiger partial charge in [-0.2, -0.15) is 0 Å². The molecular formula is C20H16FN5O2S. The van der Waals surface area contributed by atoms with E-state index in [1.807, 2.05) is 31.2 Å². The Bertz CT molecular complexity index is 1230. The smallest absolute Gasteiger partial charge is 0.266 e. The monoisotopic (exact) mass is 409 g/mol. The van der Waals surface area contributed by atoms with Gasteiger partial charge in [-0.15, -0.1) is 0 Å². The van der Waals surface area contributed by atoms with Crippen LogP contribution in [0.4, 0.5) is 10.1 Å². The van der Waals surface area contributed by atoms with Gasteiger partial charge in [0.1, 0.15) is 5.82 Å². The van der Waals surface area contributed by atoms with Gasteiger partial charge < -0.3 is 5.32 Å². The number of aromatic amines is 1. The standard InChI is InChI=1S/C20H16FN5O2S/c1-12-2-8-15(9-3-12)22-18(28)11-29-20-24-19(13-4-6-14(21)7-5-13)23-16-10-17(27)25-26(16)20/h2-10H,11H2,1H3,(H,22,28)(H,25,27). The van der Waals surface area contributed by atoms with Crippen molar-refractivity contribution >= 4 is 29.0 Å². The van der Waals surface area contributed by atoms with E-state index in [1.54, 1.807) is 12.1 Å². The highest BCUT2D eigenvalue weighted by Crippen LogP contribution is 2.22. The normalized spacial score (nSPS) is 11.0. The van der Waals surface area contributed by atoms with E-state index in [1.165, 1.54) is 22.7 Å². The number of H-pyrrole nitrogens is 1. The Hall–Kier alpha value is -3.46. The van der Waals surface area contributed by atoms with Gasteiger partial charge in [0.05, 0.1) is 5.75 Å². The van der Waals surface area contributed by atoms with Crippen LogP contribution in [0.5, 0.6) is 0 Å². The zero-order valence-corrected chi connectivity index (χ0v) is 16.2. The molecule has 0 saturated heterocycles. The zero-order chi connectivity index (χ0) is 20.4. The van der Waals surface area contributed by atoms with Crippen LogP contribution in [0.1, 0.15) is 5.56 Å². The van der Waals surface area contributed by atoms with Gasteiger partial charge in [0.15, 0.2) is 16.6 Å². The van der Waals surface area contributed by atoms with E-state index >= 15 is 0 Å². The summed E-state index contributed by atoms with van der Waals surface area (Å²) in [6, 6.07) is 14.6. The van der Waals surface area contributed by atoms with Crippen LogP contribution in [0, 0.1) is 12.7 Å². The molecule has 2 heterocycles. The molecule has 0 aliphatic heterocycles. The molecule has 7 nitrogen and oxygen atoms in total. The number of halogens is 1. The molecule has 0 saturated carbocycles. The Balaban J connectivity index is 1.58. The molecule has 29 heavy (non-hydrogen) atoms. The molecule has 2 aromatic heterocycles. The summed E-state index contributed by atoms with van der Waals surface area (Å²) in [6.07, 6.45) is 0. The van der Waals surface area contributed by atoms with Crippen LogP contribution in [0.15, 0.2) is 64.5 Å². The van der Waals surface area contributed by atoms with Gasteiger partial charge >= 0.3 is 0 Å². The minimum atomic E-state index is -0.366. The second kappa shape index (κ2) is 7.88. The number of nitrogens with zero attached hydrogens (tertiary/aromatic N) is 3. The summed E-state index contributed by atoms with van der Waals surface area (Å²) in [7, 11) is 0. The van der Waals surface area contributed by atoms with Crippen molar-refractivity contribution < 1.29 is 9.18 Å². The number of benzene rings is 2. The maximum Gasteiger partial charge on any atom is 0.266 e. The first-order chi connectivity index (χ1) is 14.0. The third-order valence-electron chi connectivity index (χ3n) is 4.09. The number of hydrogen-bond donors (Lipinski definition) is 2. The molecule has 0 bridgehead atoms. The minimum absolute atomic E-state index is 0.0864. The molecule has 0 aliphatic carbocycles. The molecule has 1 amide bonds. The van der Waals surface area contributed by atoms with Gasteiger partial charge in [-0.25, -0.2) is 18.9 Å². The van der Waals surface area contributed by atoms with Gasteiger partial charge in [0.2, 0.25) is 5.91 Å². The summed E-state index contributed by atoms with van der Waals surface area (Å²) in [5.74, 6) is -0.146. The van der Waals surface area contributed by atoms with Gasteiger partial charge in [-0.3, -0.25) is 14.7 Å². The van der Waals surface area contributed by atoms with Crippen molar-refractivity contribution in [3.8, 4) is 11.4 Å². The molecular weight excluding hydrogens is 393 g/mol. The van der Waals surface area contributed by atoms with Crippen LogP contribution < -0.4 is 10.9 Å². The maximum atomic E-state index is 13.2. The third kappa shape index (κ3) is 4.35. The molecule has 9 heteroatoms. The second-order valence-corrected chi connectivity index (χ2v) is 7.30. The number of aryl methyl sites for hydroxylation is 1. The lowest BCUT2D eigenvalue weighted by Crippen LogP contribution is -2.15. The van der Waals surface area contributed by atoms with Crippen molar-refractivity contribution in [3.63, 3.8) is 0 Å². The summed E-state index contributed by atoms with van der Waals surface area (Å²) < 4.78 is 14.6. The first-order valence-electron chi connectivity index (χ1n) is 8.73. The zero-order valence-electron chi connectivity index (χ0n) is 15.3. The highest BCUT2D eigenvalue weighted by molar-refractivity contribution is 7.99. The fraction of sp³-hybridized carbons (Fsp3) is 0.100. The van der Waals surface area contributed by atoms with Gasteiger partial charge in [0, 0.05) is 17.3 Å². The first-order valence-corrected chi connectivity index (χ1v) is 9.71. The van der Waals surface area contributed by atoms with Gasteiger partial charge in [0.25, 0.3) is 5.56 Å². The van der Waals surface area contributed by atoms with E-state index in [2.05, 4.69) is 20.4 Å². The van der Waals surface area contributed by atoms with E-state index in [0.29, 0.717) is 27.9 Å². The average Bonchev–Trinajstić information content (AvgIpc) is 3.08. The van der Waals surface area contributed by atoms with Crippen molar-refractivity contribution in [2.75, 3.05) is 11.1 Å². The number of carbonyl (C=O) groups is 1. The van der Waals surface area contributed by atoms with Crippen LogP contribution >= 0.6 is 11.8 Å². The predicted octanol–water partition coefficient (Wildman–Crippen LogP) is 3.26. The van der Waals surface area contributed by atoms with Crippen molar-refractivity contribution in [2.45, 2.75) is 12.1 Å². The maximum absolute atomic E-state index is 13.2. The van der Waals surface area contributed by atoms with Crippen LogP contribution in [-0.4, -0.2) is 31.2 Å². The number of thioether (sulfide) groups is 1. The lowest BCUT2D eigenvalue weighted by Gasteiger charge is -2.08. The summed E-state index contributed by atoms with van der Waals surface area (Å²) in [5, 5.41) is 5.84. The third-order valence-corrected chi connectivity index (χ3v) is 5.03. The Morgan fingerprint density at radius 3 is 2.59 bits per heavy atom. The summed E-state index contributed by atoms with van der Waals surface area (Å²) >= 11 is 1.16. The highest BCUT2D eigenvalue weighted by Gasteiger charge is 2.13. The average molecular weight is 409 g/mol. The van der Waals surface area contributed by atoms with Crippen LogP contribution in [-0.2, 0) is 4.79 Å². The van der Waals surface area contributed by atoms with Gasteiger partial charge in [-0.05, 0) is 43.3 Å². The van der Waals surface area contributed by atoms with Crippen LogP contribution in [0.3, 0.4) is 0 Å². The number of rotatable bonds is 5. The molecule has 0 spiro atoms. The molecule has 0 fully saturated rings. The van der Waals surface area contributed by atoms with E-state index in [9.17, 15) is 14.0 Å². The topological polar surface area (TPSA) is 92.2 Å². The minimum Gasteiger partial charge on any atom is -0.325 e. The Morgan fingerprint density at radius 2 is 1.86 bits per heavy atom. The van der Waals surface area contributed by atoms with Crippen molar-refractivity contribution in [1.29, 1.82) is 0 Å². The Labute approximate surface area is 169 Å². The molecule has 2 aromatic carbocycles. The van der Waals surface area contributed by atoms with Crippen LogP contribution in [0.25, 0.3) is 17.0 Å². The number of amides is 1. The van der Waals surface area contributed by atoms with Gasteiger partial charge in [-0.1, -0.05) is 29.5 Å². The Morgan fingerprint density at radius 1 is 1.14 bits per heavy atom. The molecule has 4 aromatic rings. The van der Waals surface area contributed by atoms with Crippen molar-refractivity contribution in [2.24, 2.45) is 0 Å². The lowest BCUT2D eigenvalue weighted by molar-refractivity contribution is -0.113. The molecule has 146 valence electrons. The molecule has 0 atom stereocenters.